The van der Waals surface area contributed by atoms with E-state index in [1.807, 2.05) is 14.1 Å². The SMILES string of the molecule is CN(C)C(=O)[C@H]1[C@@H]2CC[C@@H](C2)[C@H]1N.Cl. The van der Waals surface area contributed by atoms with Crippen molar-refractivity contribution in [1.82, 2.24) is 4.90 Å². The third kappa shape index (κ3) is 1.63. The van der Waals surface area contributed by atoms with E-state index in [1.54, 1.807) is 4.90 Å². The summed E-state index contributed by atoms with van der Waals surface area (Å²) < 4.78 is 0. The van der Waals surface area contributed by atoms with Gasteiger partial charge in [0.1, 0.15) is 0 Å². The Hall–Kier alpha value is -0.280. The van der Waals surface area contributed by atoms with Gasteiger partial charge in [-0.2, -0.15) is 0 Å². The number of carbonyl (C=O) groups excluding carboxylic acids is 1. The van der Waals surface area contributed by atoms with Gasteiger partial charge >= 0.3 is 0 Å². The molecule has 2 rings (SSSR count). The Balaban J connectivity index is 0.000000980. The minimum atomic E-state index is 0. The summed E-state index contributed by atoms with van der Waals surface area (Å²) in [4.78, 5) is 13.5. The molecule has 2 N–H and O–H groups in total. The average Bonchev–Trinajstić information content (AvgIpc) is 2.62. The zero-order valence-corrected chi connectivity index (χ0v) is 9.59. The van der Waals surface area contributed by atoms with Gasteiger partial charge in [0.25, 0.3) is 0 Å². The number of rotatable bonds is 1. The van der Waals surface area contributed by atoms with Crippen molar-refractivity contribution in [3.63, 3.8) is 0 Å². The Morgan fingerprint density at radius 3 is 2.29 bits per heavy atom. The molecule has 0 aromatic rings. The second-order valence-corrected chi connectivity index (χ2v) is 4.67. The lowest BCUT2D eigenvalue weighted by Crippen LogP contribution is -2.44. The summed E-state index contributed by atoms with van der Waals surface area (Å²) in [6.45, 7) is 0. The molecule has 1 amide bonds. The predicted molar refractivity (Wildman–Crippen MR) is 58.2 cm³/mol. The molecule has 0 saturated heterocycles. The number of fused-ring (bicyclic) bond motifs is 2. The van der Waals surface area contributed by atoms with Crippen LogP contribution in [-0.4, -0.2) is 30.9 Å². The van der Waals surface area contributed by atoms with Gasteiger partial charge in [-0.15, -0.1) is 12.4 Å². The predicted octanol–water partition coefficient (Wildman–Crippen LogP) is 0.870. The first-order chi connectivity index (χ1) is 6.11. The summed E-state index contributed by atoms with van der Waals surface area (Å²) in [5, 5.41) is 0. The lowest BCUT2D eigenvalue weighted by molar-refractivity contribution is -0.135. The van der Waals surface area contributed by atoms with Gasteiger partial charge < -0.3 is 10.6 Å². The second-order valence-electron chi connectivity index (χ2n) is 4.67. The van der Waals surface area contributed by atoms with Crippen molar-refractivity contribution in [3.8, 4) is 0 Å². The van der Waals surface area contributed by atoms with Gasteiger partial charge in [-0.25, -0.2) is 0 Å². The Labute approximate surface area is 91.4 Å². The van der Waals surface area contributed by atoms with Crippen LogP contribution < -0.4 is 5.73 Å². The third-order valence-electron chi connectivity index (χ3n) is 3.71. The molecular formula is C10H19ClN2O. The summed E-state index contributed by atoms with van der Waals surface area (Å²) in [5.74, 6) is 1.56. The van der Waals surface area contributed by atoms with Crippen LogP contribution in [-0.2, 0) is 4.79 Å². The van der Waals surface area contributed by atoms with Crippen LogP contribution in [0.2, 0.25) is 0 Å². The molecule has 4 heteroatoms. The fourth-order valence-electron chi connectivity index (χ4n) is 3.00. The number of hydrogen-bond acceptors (Lipinski definition) is 2. The third-order valence-corrected chi connectivity index (χ3v) is 3.71. The maximum atomic E-state index is 11.8. The first-order valence-corrected chi connectivity index (χ1v) is 5.08. The van der Waals surface area contributed by atoms with Crippen LogP contribution in [0.3, 0.4) is 0 Å². The minimum Gasteiger partial charge on any atom is -0.349 e. The van der Waals surface area contributed by atoms with Crippen LogP contribution in [0.4, 0.5) is 0 Å². The van der Waals surface area contributed by atoms with Gasteiger partial charge in [-0.3, -0.25) is 4.79 Å². The van der Waals surface area contributed by atoms with E-state index in [-0.39, 0.29) is 30.3 Å². The largest absolute Gasteiger partial charge is 0.349 e. The van der Waals surface area contributed by atoms with Crippen LogP contribution in [0.15, 0.2) is 0 Å². The molecule has 0 aliphatic heterocycles. The monoisotopic (exact) mass is 218 g/mol. The van der Waals surface area contributed by atoms with Crippen LogP contribution in [0, 0.1) is 17.8 Å². The van der Waals surface area contributed by atoms with Crippen LogP contribution >= 0.6 is 12.4 Å². The van der Waals surface area contributed by atoms with E-state index >= 15 is 0 Å². The van der Waals surface area contributed by atoms with Gasteiger partial charge in [-0.05, 0) is 31.1 Å². The lowest BCUT2D eigenvalue weighted by Gasteiger charge is -2.29. The number of nitrogens with two attached hydrogens (primary N) is 1. The van der Waals surface area contributed by atoms with Gasteiger partial charge in [-0.1, -0.05) is 0 Å². The summed E-state index contributed by atoms with van der Waals surface area (Å²) >= 11 is 0. The zero-order chi connectivity index (χ0) is 9.59. The fraction of sp³-hybridized carbons (Fsp3) is 0.900. The highest BCUT2D eigenvalue weighted by molar-refractivity contribution is 5.85. The number of halogens is 1. The maximum Gasteiger partial charge on any atom is 0.227 e. The molecule has 14 heavy (non-hydrogen) atoms. The Morgan fingerprint density at radius 2 is 1.86 bits per heavy atom. The van der Waals surface area contributed by atoms with E-state index < -0.39 is 0 Å². The molecule has 0 spiro atoms. The average molecular weight is 219 g/mol. The van der Waals surface area contributed by atoms with Crippen molar-refractivity contribution in [1.29, 1.82) is 0 Å². The summed E-state index contributed by atoms with van der Waals surface area (Å²) in [6, 6.07) is 0.133. The van der Waals surface area contributed by atoms with E-state index in [9.17, 15) is 4.79 Å². The van der Waals surface area contributed by atoms with Gasteiger partial charge in [0.05, 0.1) is 5.92 Å². The van der Waals surface area contributed by atoms with Gasteiger partial charge in [0, 0.05) is 20.1 Å². The maximum absolute atomic E-state index is 11.8. The van der Waals surface area contributed by atoms with E-state index in [4.69, 9.17) is 5.73 Å². The van der Waals surface area contributed by atoms with Crippen molar-refractivity contribution in [3.05, 3.63) is 0 Å². The summed E-state index contributed by atoms with van der Waals surface area (Å²) in [7, 11) is 3.64. The van der Waals surface area contributed by atoms with Crippen molar-refractivity contribution in [2.24, 2.45) is 23.5 Å². The molecule has 2 bridgehead atoms. The van der Waals surface area contributed by atoms with Crippen LogP contribution in [0.1, 0.15) is 19.3 Å². The molecule has 0 aromatic carbocycles. The molecule has 2 aliphatic rings. The molecule has 2 aliphatic carbocycles. The molecule has 2 saturated carbocycles. The van der Waals surface area contributed by atoms with E-state index in [0.717, 1.165) is 0 Å². The van der Waals surface area contributed by atoms with Crippen molar-refractivity contribution in [2.75, 3.05) is 14.1 Å². The van der Waals surface area contributed by atoms with E-state index in [1.165, 1.54) is 19.3 Å². The van der Waals surface area contributed by atoms with Crippen LogP contribution in [0.25, 0.3) is 0 Å². The summed E-state index contributed by atoms with van der Waals surface area (Å²) in [6.07, 6.45) is 3.64. The molecule has 3 nitrogen and oxygen atoms in total. The van der Waals surface area contributed by atoms with Gasteiger partial charge in [0.15, 0.2) is 0 Å². The summed E-state index contributed by atoms with van der Waals surface area (Å²) in [5.41, 5.74) is 6.06. The van der Waals surface area contributed by atoms with E-state index in [0.29, 0.717) is 11.8 Å². The number of hydrogen-bond donors (Lipinski definition) is 1. The smallest absolute Gasteiger partial charge is 0.227 e. The number of carbonyl (C=O) groups is 1. The molecule has 0 radical (unpaired) electrons. The molecule has 82 valence electrons. The highest BCUT2D eigenvalue weighted by Crippen LogP contribution is 2.47. The van der Waals surface area contributed by atoms with Crippen molar-refractivity contribution in [2.45, 2.75) is 25.3 Å². The van der Waals surface area contributed by atoms with Crippen molar-refractivity contribution >= 4 is 18.3 Å². The minimum absolute atomic E-state index is 0. The first-order valence-electron chi connectivity index (χ1n) is 5.08. The lowest BCUT2D eigenvalue weighted by atomic mass is 9.84. The quantitative estimate of drug-likeness (QED) is 0.710. The standard InChI is InChI=1S/C10H18N2O.ClH/c1-12(2)10(13)8-6-3-4-7(5-6)9(8)11;/h6-9H,3-5,11H2,1-2H3;1H/t6-,7+,8+,9-;/m1./s1. The molecule has 0 unspecified atom stereocenters. The number of nitrogens with zero attached hydrogens (tertiary/aromatic N) is 1. The molecular weight excluding hydrogens is 200 g/mol. The highest BCUT2D eigenvalue weighted by Gasteiger charge is 2.49. The molecule has 2 fully saturated rings. The molecule has 0 heterocycles. The highest BCUT2D eigenvalue weighted by atomic mass is 35.5. The zero-order valence-electron chi connectivity index (χ0n) is 8.77. The fourth-order valence-corrected chi connectivity index (χ4v) is 3.00. The Morgan fingerprint density at radius 1 is 1.29 bits per heavy atom. The van der Waals surface area contributed by atoms with E-state index in [2.05, 4.69) is 0 Å². The molecule has 0 aromatic heterocycles. The Bertz CT molecular complexity index is 230. The second kappa shape index (κ2) is 4.07. The van der Waals surface area contributed by atoms with Crippen LogP contribution in [0.5, 0.6) is 0 Å². The normalized spacial score (nSPS) is 39.4. The number of amides is 1. The Kier molecular flexibility index (Phi) is 3.43. The topological polar surface area (TPSA) is 46.3 Å². The van der Waals surface area contributed by atoms with Crippen molar-refractivity contribution < 1.29 is 4.79 Å². The first kappa shape index (κ1) is 11.8. The molecule has 4 atom stereocenters. The van der Waals surface area contributed by atoms with Gasteiger partial charge in [0.2, 0.25) is 5.91 Å².